The fourth-order valence-electron chi connectivity index (χ4n) is 1.61. The van der Waals surface area contributed by atoms with Gasteiger partial charge in [0.1, 0.15) is 4.21 Å². The number of anilines is 1. The van der Waals surface area contributed by atoms with Gasteiger partial charge in [0.15, 0.2) is 0 Å². The highest BCUT2D eigenvalue weighted by atomic mass is 35.7. The lowest BCUT2D eigenvalue weighted by molar-refractivity contribution is 0.603. The second-order valence-electron chi connectivity index (χ2n) is 3.96. The van der Waals surface area contributed by atoms with Gasteiger partial charge in [0, 0.05) is 16.4 Å². The van der Waals surface area contributed by atoms with Crippen LogP contribution in [0.2, 0.25) is 0 Å². The smallest absolute Gasteiger partial charge is 0.271 e. The van der Waals surface area contributed by atoms with Crippen LogP contribution >= 0.6 is 22.0 Å². The minimum absolute atomic E-state index is 0.0433. The van der Waals surface area contributed by atoms with Gasteiger partial charge in [-0.05, 0) is 42.1 Å². The Hall–Kier alpha value is -1.09. The Bertz CT molecular complexity index is 827. The van der Waals surface area contributed by atoms with E-state index >= 15 is 0 Å². The maximum Gasteiger partial charge on any atom is 0.271 e. The van der Waals surface area contributed by atoms with Gasteiger partial charge in [-0.3, -0.25) is 4.72 Å². The van der Waals surface area contributed by atoms with Crippen molar-refractivity contribution in [3.63, 3.8) is 0 Å². The number of hydrogen-bond acceptors (Lipinski definition) is 5. The highest BCUT2D eigenvalue weighted by molar-refractivity contribution is 8.13. The zero-order valence-corrected chi connectivity index (χ0v) is 13.4. The maximum absolute atomic E-state index is 12.0. The Morgan fingerprint density at radius 1 is 1.15 bits per heavy atom. The first kappa shape index (κ1) is 15.3. The number of aryl methyl sites for hydroxylation is 1. The quantitative estimate of drug-likeness (QED) is 0.859. The number of halogens is 1. The van der Waals surface area contributed by atoms with Crippen LogP contribution in [0.1, 0.15) is 5.56 Å². The van der Waals surface area contributed by atoms with Crippen molar-refractivity contribution in [3.8, 4) is 0 Å². The SMILES string of the molecule is Cc1cc(NS(=O)(=O)c2cccs2)ccc1S(=O)(=O)Cl. The Morgan fingerprint density at radius 2 is 1.85 bits per heavy atom. The van der Waals surface area contributed by atoms with Gasteiger partial charge in [0.05, 0.1) is 4.90 Å². The van der Waals surface area contributed by atoms with E-state index in [1.54, 1.807) is 11.4 Å². The van der Waals surface area contributed by atoms with Gasteiger partial charge in [-0.25, -0.2) is 16.8 Å². The van der Waals surface area contributed by atoms with Crippen molar-refractivity contribution >= 4 is 46.8 Å². The fraction of sp³-hybridized carbons (Fsp3) is 0.0909. The standard InChI is InChI=1S/C11H10ClNO4S3/c1-8-7-9(4-5-10(8)19(12,14)15)13-20(16,17)11-3-2-6-18-11/h2-7,13H,1H3. The summed E-state index contributed by atoms with van der Waals surface area (Å²) in [4.78, 5) is -0.0433. The third-order valence-electron chi connectivity index (χ3n) is 2.45. The molecule has 1 heterocycles. The van der Waals surface area contributed by atoms with Gasteiger partial charge < -0.3 is 0 Å². The monoisotopic (exact) mass is 351 g/mol. The second-order valence-corrected chi connectivity index (χ2v) is 9.35. The Balaban J connectivity index is 2.35. The van der Waals surface area contributed by atoms with Crippen molar-refractivity contribution in [1.29, 1.82) is 0 Å². The molecule has 20 heavy (non-hydrogen) atoms. The average Bonchev–Trinajstić information content (AvgIpc) is 2.80. The molecule has 0 unspecified atom stereocenters. The molecule has 0 aliphatic carbocycles. The largest absolute Gasteiger partial charge is 0.279 e. The predicted molar refractivity (Wildman–Crippen MR) is 79.3 cm³/mol. The van der Waals surface area contributed by atoms with Crippen molar-refractivity contribution in [1.82, 2.24) is 0 Å². The van der Waals surface area contributed by atoms with Gasteiger partial charge in [-0.15, -0.1) is 11.3 Å². The molecule has 0 fully saturated rings. The highest BCUT2D eigenvalue weighted by Gasteiger charge is 2.17. The summed E-state index contributed by atoms with van der Waals surface area (Å²) in [6, 6.07) is 7.16. The van der Waals surface area contributed by atoms with Crippen LogP contribution < -0.4 is 4.72 Å². The molecule has 2 aromatic rings. The van der Waals surface area contributed by atoms with Crippen molar-refractivity contribution in [2.45, 2.75) is 16.0 Å². The summed E-state index contributed by atoms with van der Waals surface area (Å²) in [5.41, 5.74) is 0.645. The molecule has 9 heteroatoms. The second kappa shape index (κ2) is 5.36. The van der Waals surface area contributed by atoms with Crippen LogP contribution in [0.25, 0.3) is 0 Å². The van der Waals surface area contributed by atoms with Crippen molar-refractivity contribution in [3.05, 3.63) is 41.3 Å². The van der Waals surface area contributed by atoms with E-state index in [4.69, 9.17) is 10.7 Å². The van der Waals surface area contributed by atoms with E-state index in [0.717, 1.165) is 11.3 Å². The summed E-state index contributed by atoms with van der Waals surface area (Å²) < 4.78 is 49.1. The van der Waals surface area contributed by atoms with Crippen molar-refractivity contribution < 1.29 is 16.8 Å². The molecule has 0 radical (unpaired) electrons. The normalized spacial score (nSPS) is 12.3. The third kappa shape index (κ3) is 3.32. The zero-order valence-electron chi connectivity index (χ0n) is 10.2. The Labute approximate surface area is 125 Å². The van der Waals surface area contributed by atoms with Gasteiger partial charge in [-0.1, -0.05) is 6.07 Å². The summed E-state index contributed by atoms with van der Waals surface area (Å²) in [5.74, 6) is 0. The topological polar surface area (TPSA) is 80.3 Å². The molecule has 0 spiro atoms. The molecule has 0 bridgehead atoms. The van der Waals surface area contributed by atoms with Crippen LogP contribution in [0, 0.1) is 6.92 Å². The van der Waals surface area contributed by atoms with Gasteiger partial charge in [0.2, 0.25) is 0 Å². The molecule has 1 aromatic carbocycles. The number of hydrogen-bond donors (Lipinski definition) is 1. The van der Waals surface area contributed by atoms with E-state index in [-0.39, 0.29) is 14.8 Å². The molecule has 0 atom stereocenters. The Kier molecular flexibility index (Phi) is 4.10. The molecule has 0 aliphatic heterocycles. The van der Waals surface area contributed by atoms with Crippen LogP contribution in [-0.4, -0.2) is 16.8 Å². The minimum atomic E-state index is -3.84. The number of nitrogens with one attached hydrogen (secondary N) is 1. The fourth-order valence-corrected chi connectivity index (χ4v) is 4.84. The molecule has 1 N–H and O–H groups in total. The highest BCUT2D eigenvalue weighted by Crippen LogP contribution is 2.25. The van der Waals surface area contributed by atoms with E-state index in [1.807, 2.05) is 0 Å². The number of thiophene rings is 1. The number of sulfonamides is 1. The van der Waals surface area contributed by atoms with Crippen LogP contribution in [0.4, 0.5) is 5.69 Å². The lowest BCUT2D eigenvalue weighted by Crippen LogP contribution is -2.11. The van der Waals surface area contributed by atoms with Crippen LogP contribution in [0.3, 0.4) is 0 Å². The number of rotatable bonds is 4. The molecule has 0 amide bonds. The van der Waals surface area contributed by atoms with Crippen molar-refractivity contribution in [2.75, 3.05) is 4.72 Å². The van der Waals surface area contributed by atoms with Gasteiger partial charge >= 0.3 is 0 Å². The molecule has 0 saturated carbocycles. The summed E-state index contributed by atoms with van der Waals surface area (Å²) in [5, 5.41) is 1.66. The summed E-state index contributed by atoms with van der Waals surface area (Å²) >= 11 is 1.09. The van der Waals surface area contributed by atoms with Crippen LogP contribution in [0.5, 0.6) is 0 Å². The summed E-state index contributed by atoms with van der Waals surface area (Å²) in [6.45, 7) is 1.54. The summed E-state index contributed by atoms with van der Waals surface area (Å²) in [6.07, 6.45) is 0. The molecule has 5 nitrogen and oxygen atoms in total. The molecule has 0 saturated heterocycles. The van der Waals surface area contributed by atoms with E-state index in [9.17, 15) is 16.8 Å². The molecule has 1 aromatic heterocycles. The van der Waals surface area contributed by atoms with E-state index < -0.39 is 19.1 Å². The van der Waals surface area contributed by atoms with Crippen LogP contribution in [0.15, 0.2) is 44.8 Å². The lowest BCUT2D eigenvalue weighted by atomic mass is 10.2. The Morgan fingerprint density at radius 3 is 2.35 bits per heavy atom. The van der Waals surface area contributed by atoms with Crippen LogP contribution in [-0.2, 0) is 19.1 Å². The third-order valence-corrected chi connectivity index (χ3v) is 6.71. The van der Waals surface area contributed by atoms with E-state index in [2.05, 4.69) is 4.72 Å². The molecule has 0 aliphatic rings. The lowest BCUT2D eigenvalue weighted by Gasteiger charge is -2.08. The maximum atomic E-state index is 12.0. The molecule has 2 rings (SSSR count). The molecule has 108 valence electrons. The van der Waals surface area contributed by atoms with Gasteiger partial charge in [-0.2, -0.15) is 0 Å². The first-order chi connectivity index (χ1) is 9.20. The molecular weight excluding hydrogens is 342 g/mol. The first-order valence-electron chi connectivity index (χ1n) is 5.32. The average molecular weight is 352 g/mol. The zero-order chi connectivity index (χ0) is 15.0. The minimum Gasteiger partial charge on any atom is -0.279 e. The predicted octanol–water partition coefficient (Wildman–Crippen LogP) is 2.78. The van der Waals surface area contributed by atoms with E-state index in [0.29, 0.717) is 5.56 Å². The molecular formula is C11H10ClNO4S3. The number of benzene rings is 1. The van der Waals surface area contributed by atoms with Gasteiger partial charge in [0.25, 0.3) is 19.1 Å². The first-order valence-corrected chi connectivity index (χ1v) is 9.99. The van der Waals surface area contributed by atoms with E-state index in [1.165, 1.54) is 31.2 Å². The van der Waals surface area contributed by atoms with Crippen molar-refractivity contribution in [2.24, 2.45) is 0 Å². The summed E-state index contributed by atoms with van der Waals surface area (Å²) in [7, 11) is -2.22.